The molecule has 0 N–H and O–H groups in total. The van der Waals surface area contributed by atoms with Crippen LogP contribution in [0.15, 0.2) is 54.6 Å². The average molecular weight is 444 g/mol. The van der Waals surface area contributed by atoms with Crippen LogP contribution >= 0.6 is 0 Å². The number of hydrogen-bond acceptors (Lipinski definition) is 4. The van der Waals surface area contributed by atoms with Gasteiger partial charge >= 0.3 is 6.18 Å². The Labute approximate surface area is 183 Å². The van der Waals surface area contributed by atoms with E-state index in [-0.39, 0.29) is 17.3 Å². The number of hydrogen-bond donors (Lipinski definition) is 0. The summed E-state index contributed by atoms with van der Waals surface area (Å²) in [5.74, 6) is 0.398. The number of carbonyl (C=O) groups excluding carboxylic acids is 1. The van der Waals surface area contributed by atoms with Gasteiger partial charge in [-0.1, -0.05) is 36.4 Å². The summed E-state index contributed by atoms with van der Waals surface area (Å²) >= 11 is 0. The smallest absolute Gasteiger partial charge is 0.379 e. The second kappa shape index (κ2) is 9.12. The Balaban J connectivity index is 1.62. The lowest BCUT2D eigenvalue weighted by atomic mass is 10.2. The van der Waals surface area contributed by atoms with Gasteiger partial charge in [0.1, 0.15) is 0 Å². The van der Waals surface area contributed by atoms with Crippen molar-refractivity contribution in [1.82, 2.24) is 19.7 Å². The van der Waals surface area contributed by atoms with Gasteiger partial charge in [0.25, 0.3) is 5.91 Å². The highest BCUT2D eigenvalue weighted by molar-refractivity contribution is 5.90. The van der Waals surface area contributed by atoms with E-state index in [1.807, 2.05) is 6.07 Å². The predicted molar refractivity (Wildman–Crippen MR) is 112 cm³/mol. The zero-order valence-corrected chi connectivity index (χ0v) is 17.5. The summed E-state index contributed by atoms with van der Waals surface area (Å²) in [6.07, 6.45) is -2.12. The van der Waals surface area contributed by atoms with E-state index in [2.05, 4.69) is 10.1 Å². The zero-order chi connectivity index (χ0) is 22.7. The molecule has 2 aromatic carbocycles. The number of halogens is 3. The monoisotopic (exact) mass is 444 g/mol. The van der Waals surface area contributed by atoms with Gasteiger partial charge in [-0.05, 0) is 37.0 Å². The van der Waals surface area contributed by atoms with Crippen LogP contribution in [0.4, 0.5) is 13.2 Å². The van der Waals surface area contributed by atoms with Gasteiger partial charge in [-0.2, -0.15) is 13.2 Å². The Hall–Kier alpha value is -3.20. The summed E-state index contributed by atoms with van der Waals surface area (Å²) in [7, 11) is 1.62. The molecule has 1 aliphatic rings. The van der Waals surface area contributed by atoms with Crippen LogP contribution in [0.25, 0.3) is 17.1 Å². The molecule has 0 radical (unpaired) electrons. The van der Waals surface area contributed by atoms with Crippen LogP contribution in [0.1, 0.15) is 29.0 Å². The fourth-order valence-corrected chi connectivity index (χ4v) is 3.18. The molecule has 0 bridgehead atoms. The molecule has 6 nitrogen and oxygen atoms in total. The number of aromatic nitrogens is 3. The quantitative estimate of drug-likeness (QED) is 0.482. The first-order valence-corrected chi connectivity index (χ1v) is 10.4. The Morgan fingerprint density at radius 1 is 1.16 bits per heavy atom. The Morgan fingerprint density at radius 2 is 1.91 bits per heavy atom. The first kappa shape index (κ1) is 22.0. The summed E-state index contributed by atoms with van der Waals surface area (Å²) in [5, 5.41) is 4.27. The van der Waals surface area contributed by atoms with Gasteiger partial charge < -0.3 is 9.64 Å². The molecule has 168 valence electrons. The van der Waals surface area contributed by atoms with Crippen LogP contribution < -0.4 is 0 Å². The normalized spacial score (nSPS) is 13.9. The van der Waals surface area contributed by atoms with Crippen LogP contribution in [0.2, 0.25) is 0 Å². The van der Waals surface area contributed by atoms with Crippen molar-refractivity contribution in [1.29, 1.82) is 0 Å². The molecule has 0 aliphatic heterocycles. The predicted octanol–water partition coefficient (Wildman–Crippen LogP) is 4.45. The van der Waals surface area contributed by atoms with E-state index in [4.69, 9.17) is 4.74 Å². The highest BCUT2D eigenvalue weighted by atomic mass is 19.4. The van der Waals surface area contributed by atoms with Crippen LogP contribution in [-0.2, 0) is 10.9 Å². The van der Waals surface area contributed by atoms with E-state index >= 15 is 0 Å². The summed E-state index contributed by atoms with van der Waals surface area (Å²) in [6.45, 7) is 1.46. The first-order valence-electron chi connectivity index (χ1n) is 10.4. The largest absolute Gasteiger partial charge is 0.416 e. The summed E-state index contributed by atoms with van der Waals surface area (Å²) in [6, 6.07) is 13.7. The molecule has 32 heavy (non-hydrogen) atoms. The standard InChI is InChI=1S/C23H23F3N4O2/c1-29(12-13-32-15-16-10-11-16)22(31)20-27-21(17-6-3-2-4-7-17)30(28-20)19-9-5-8-18(14-19)23(24,25)26/h2-9,14,16H,10-13,15H2,1H3. The molecule has 1 aromatic heterocycles. The summed E-state index contributed by atoms with van der Waals surface area (Å²) < 4.78 is 46.5. The highest BCUT2D eigenvalue weighted by Gasteiger charge is 2.31. The molecule has 0 atom stereocenters. The lowest BCUT2D eigenvalue weighted by Gasteiger charge is -2.15. The van der Waals surface area contributed by atoms with Crippen molar-refractivity contribution in [3.63, 3.8) is 0 Å². The molecule has 0 saturated heterocycles. The maximum absolute atomic E-state index is 13.2. The molecule has 0 unspecified atom stereocenters. The average Bonchev–Trinajstić information content (AvgIpc) is 3.51. The van der Waals surface area contributed by atoms with Crippen LogP contribution in [0.3, 0.4) is 0 Å². The first-order chi connectivity index (χ1) is 15.3. The topological polar surface area (TPSA) is 60.2 Å². The molecule has 1 fully saturated rings. The number of amides is 1. The fourth-order valence-electron chi connectivity index (χ4n) is 3.18. The molecule has 1 saturated carbocycles. The second-order valence-electron chi connectivity index (χ2n) is 7.83. The number of rotatable bonds is 8. The minimum absolute atomic E-state index is 0.0917. The number of alkyl halides is 3. The highest BCUT2D eigenvalue weighted by Crippen LogP contribution is 2.31. The van der Waals surface area contributed by atoms with Crippen LogP contribution in [-0.4, -0.2) is 52.4 Å². The van der Waals surface area contributed by atoms with E-state index in [9.17, 15) is 18.0 Å². The number of ether oxygens (including phenoxy) is 1. The number of benzene rings is 2. The maximum atomic E-state index is 13.2. The molecule has 0 spiro atoms. The molecule has 1 heterocycles. The van der Waals surface area contributed by atoms with Crippen molar-refractivity contribution in [2.45, 2.75) is 19.0 Å². The van der Waals surface area contributed by atoms with E-state index in [1.165, 1.54) is 34.6 Å². The number of nitrogens with zero attached hydrogens (tertiary/aromatic N) is 4. The minimum atomic E-state index is -4.50. The molecule has 9 heteroatoms. The second-order valence-corrected chi connectivity index (χ2v) is 7.83. The van der Waals surface area contributed by atoms with Gasteiger partial charge in [-0.15, -0.1) is 5.10 Å². The van der Waals surface area contributed by atoms with Gasteiger partial charge in [0.15, 0.2) is 5.82 Å². The van der Waals surface area contributed by atoms with E-state index in [1.54, 1.807) is 31.3 Å². The molecule has 1 aliphatic carbocycles. The third kappa shape index (κ3) is 5.16. The molecule has 3 aromatic rings. The van der Waals surface area contributed by atoms with Crippen molar-refractivity contribution < 1.29 is 22.7 Å². The zero-order valence-electron chi connectivity index (χ0n) is 17.5. The van der Waals surface area contributed by atoms with Crippen LogP contribution in [0.5, 0.6) is 0 Å². The molecule has 4 rings (SSSR count). The Morgan fingerprint density at radius 3 is 2.59 bits per heavy atom. The number of likely N-dealkylation sites (N-methyl/N-ethyl adjacent to an activating group) is 1. The summed E-state index contributed by atoms with van der Waals surface area (Å²) in [4.78, 5) is 18.7. The van der Waals surface area contributed by atoms with Crippen molar-refractivity contribution in [2.75, 3.05) is 26.8 Å². The van der Waals surface area contributed by atoms with Crippen molar-refractivity contribution >= 4 is 5.91 Å². The third-order valence-electron chi connectivity index (χ3n) is 5.22. The summed E-state index contributed by atoms with van der Waals surface area (Å²) in [5.41, 5.74) is -0.00477. The van der Waals surface area contributed by atoms with Gasteiger partial charge in [0, 0.05) is 25.8 Å². The SMILES string of the molecule is CN(CCOCC1CC1)C(=O)c1nc(-c2ccccc2)n(-c2cccc(C(F)(F)F)c2)n1. The van der Waals surface area contributed by atoms with Gasteiger partial charge in [0.05, 0.1) is 17.9 Å². The van der Waals surface area contributed by atoms with E-state index in [0.717, 1.165) is 12.1 Å². The molecular weight excluding hydrogens is 421 g/mol. The molecule has 1 amide bonds. The van der Waals surface area contributed by atoms with E-state index < -0.39 is 17.6 Å². The van der Waals surface area contributed by atoms with Crippen LogP contribution in [0, 0.1) is 5.92 Å². The Bertz CT molecular complexity index is 1080. The van der Waals surface area contributed by atoms with Gasteiger partial charge in [-0.3, -0.25) is 4.79 Å². The van der Waals surface area contributed by atoms with Gasteiger partial charge in [0.2, 0.25) is 5.82 Å². The third-order valence-corrected chi connectivity index (χ3v) is 5.22. The maximum Gasteiger partial charge on any atom is 0.416 e. The lowest BCUT2D eigenvalue weighted by molar-refractivity contribution is -0.137. The van der Waals surface area contributed by atoms with Crippen molar-refractivity contribution in [2.24, 2.45) is 5.92 Å². The fraction of sp³-hybridized carbons (Fsp3) is 0.348. The minimum Gasteiger partial charge on any atom is -0.379 e. The van der Waals surface area contributed by atoms with E-state index in [0.29, 0.717) is 31.2 Å². The van der Waals surface area contributed by atoms with Gasteiger partial charge in [-0.25, -0.2) is 9.67 Å². The van der Waals surface area contributed by atoms with Crippen molar-refractivity contribution in [3.8, 4) is 17.1 Å². The molecular formula is C23H23F3N4O2. The number of carbonyl (C=O) groups is 1. The Kier molecular flexibility index (Phi) is 6.27. The lowest BCUT2D eigenvalue weighted by Crippen LogP contribution is -2.31. The van der Waals surface area contributed by atoms with Crippen molar-refractivity contribution in [3.05, 3.63) is 66.0 Å².